The summed E-state index contributed by atoms with van der Waals surface area (Å²) in [7, 11) is 0. The molecule has 0 aliphatic carbocycles. The van der Waals surface area contributed by atoms with Crippen LogP contribution in [0, 0.1) is 10.1 Å². The van der Waals surface area contributed by atoms with Gasteiger partial charge in [0.15, 0.2) is 0 Å². The minimum Gasteiger partial charge on any atom is -0.326 e. The van der Waals surface area contributed by atoms with E-state index in [-0.39, 0.29) is 24.4 Å². The van der Waals surface area contributed by atoms with E-state index in [2.05, 4.69) is 15.8 Å². The predicted octanol–water partition coefficient (Wildman–Crippen LogP) is 2.46. The number of hydrazone groups is 1. The van der Waals surface area contributed by atoms with Crippen molar-refractivity contribution in [3.05, 3.63) is 70.3 Å². The van der Waals surface area contributed by atoms with Crippen LogP contribution >= 0.6 is 0 Å². The van der Waals surface area contributed by atoms with Gasteiger partial charge in [0.05, 0.1) is 11.1 Å². The van der Waals surface area contributed by atoms with Crippen LogP contribution < -0.4 is 10.7 Å². The summed E-state index contributed by atoms with van der Waals surface area (Å²) in [5.74, 6) is -0.665. The van der Waals surface area contributed by atoms with Gasteiger partial charge in [-0.2, -0.15) is 5.10 Å². The van der Waals surface area contributed by atoms with Crippen LogP contribution in [0.1, 0.15) is 18.4 Å². The molecule has 128 valence electrons. The number of nitro benzene ring substituents is 1. The number of nitrogens with zero attached hydrogens (tertiary/aromatic N) is 2. The van der Waals surface area contributed by atoms with Gasteiger partial charge in [0.25, 0.3) is 5.69 Å². The molecular formula is C17H16N4O4. The fourth-order valence-electron chi connectivity index (χ4n) is 1.89. The lowest BCUT2D eigenvalue weighted by Crippen LogP contribution is -2.20. The second kappa shape index (κ2) is 8.92. The molecule has 0 saturated heterocycles. The van der Waals surface area contributed by atoms with E-state index in [1.54, 1.807) is 24.3 Å². The summed E-state index contributed by atoms with van der Waals surface area (Å²) in [5, 5.41) is 17.0. The normalized spacial score (nSPS) is 10.4. The van der Waals surface area contributed by atoms with Crippen LogP contribution in [0.15, 0.2) is 59.7 Å². The van der Waals surface area contributed by atoms with Crippen molar-refractivity contribution < 1.29 is 14.5 Å². The Bertz CT molecular complexity index is 773. The summed E-state index contributed by atoms with van der Waals surface area (Å²) in [6.45, 7) is 0. The van der Waals surface area contributed by atoms with Crippen molar-refractivity contribution in [2.75, 3.05) is 5.32 Å². The molecule has 0 bridgehead atoms. The minimum absolute atomic E-state index is 0.00370. The van der Waals surface area contributed by atoms with Gasteiger partial charge in [-0.1, -0.05) is 18.2 Å². The Morgan fingerprint density at radius 2 is 1.64 bits per heavy atom. The molecule has 2 rings (SSSR count). The third-order valence-corrected chi connectivity index (χ3v) is 3.14. The molecule has 0 aliphatic rings. The highest BCUT2D eigenvalue weighted by molar-refractivity contribution is 5.93. The lowest BCUT2D eigenvalue weighted by molar-refractivity contribution is -0.384. The van der Waals surface area contributed by atoms with Crippen LogP contribution in [0.5, 0.6) is 0 Å². The Kier molecular flexibility index (Phi) is 6.35. The van der Waals surface area contributed by atoms with Crippen LogP contribution in [0.2, 0.25) is 0 Å². The maximum Gasteiger partial charge on any atom is 0.269 e. The summed E-state index contributed by atoms with van der Waals surface area (Å²) in [4.78, 5) is 33.4. The number of non-ortho nitro benzene ring substituents is 1. The summed E-state index contributed by atoms with van der Waals surface area (Å²) in [5.41, 5.74) is 3.56. The number of nitrogens with one attached hydrogen (secondary N) is 2. The molecule has 2 N–H and O–H groups in total. The van der Waals surface area contributed by atoms with Gasteiger partial charge in [0.1, 0.15) is 0 Å². The van der Waals surface area contributed by atoms with Gasteiger partial charge in [-0.05, 0) is 29.8 Å². The zero-order chi connectivity index (χ0) is 18.1. The van der Waals surface area contributed by atoms with Crippen LogP contribution in [0.3, 0.4) is 0 Å². The molecule has 0 heterocycles. The Morgan fingerprint density at radius 1 is 1.00 bits per heavy atom. The molecule has 0 fully saturated rings. The molecule has 0 radical (unpaired) electrons. The maximum absolute atomic E-state index is 11.7. The molecule has 0 saturated carbocycles. The van der Waals surface area contributed by atoms with Gasteiger partial charge in [-0.3, -0.25) is 19.7 Å². The number of hydrogen-bond acceptors (Lipinski definition) is 5. The zero-order valence-electron chi connectivity index (χ0n) is 13.2. The van der Waals surface area contributed by atoms with Crippen molar-refractivity contribution in [2.45, 2.75) is 12.8 Å². The predicted molar refractivity (Wildman–Crippen MR) is 93.1 cm³/mol. The van der Waals surface area contributed by atoms with E-state index in [1.165, 1.54) is 30.5 Å². The van der Waals surface area contributed by atoms with E-state index in [0.29, 0.717) is 11.3 Å². The number of anilines is 1. The molecule has 2 amide bonds. The van der Waals surface area contributed by atoms with Gasteiger partial charge in [-0.15, -0.1) is 0 Å². The second-order valence-electron chi connectivity index (χ2n) is 5.06. The molecule has 0 atom stereocenters. The molecule has 8 nitrogen and oxygen atoms in total. The monoisotopic (exact) mass is 340 g/mol. The van der Waals surface area contributed by atoms with Crippen LogP contribution in [0.25, 0.3) is 0 Å². The number of rotatable bonds is 7. The highest BCUT2D eigenvalue weighted by Gasteiger charge is 2.06. The van der Waals surface area contributed by atoms with Crippen molar-refractivity contribution in [1.29, 1.82) is 0 Å². The number of para-hydroxylation sites is 1. The molecule has 8 heteroatoms. The standard InChI is InChI=1S/C17H16N4O4/c22-16(19-14-4-2-1-3-5-14)10-11-17(23)20-18-12-13-6-8-15(9-7-13)21(24)25/h1-9,12H,10-11H2,(H,19,22)(H,20,23)/b18-12+. The quantitative estimate of drug-likeness (QED) is 0.458. The first-order chi connectivity index (χ1) is 12.0. The van der Waals surface area contributed by atoms with Crippen LogP contribution in [0.4, 0.5) is 11.4 Å². The van der Waals surface area contributed by atoms with E-state index in [9.17, 15) is 19.7 Å². The number of hydrogen-bond donors (Lipinski definition) is 2. The Hall–Kier alpha value is -3.55. The highest BCUT2D eigenvalue weighted by atomic mass is 16.6. The molecule has 0 aliphatic heterocycles. The largest absolute Gasteiger partial charge is 0.326 e. The molecule has 2 aromatic rings. The molecular weight excluding hydrogens is 324 g/mol. The number of carbonyl (C=O) groups excluding carboxylic acids is 2. The van der Waals surface area contributed by atoms with Gasteiger partial charge >= 0.3 is 0 Å². The average molecular weight is 340 g/mol. The molecule has 0 unspecified atom stereocenters. The number of nitro groups is 1. The molecule has 0 aromatic heterocycles. The van der Waals surface area contributed by atoms with Gasteiger partial charge in [-0.25, -0.2) is 5.43 Å². The first-order valence-corrected chi connectivity index (χ1v) is 7.46. The molecule has 2 aromatic carbocycles. The van der Waals surface area contributed by atoms with Gasteiger partial charge in [0.2, 0.25) is 11.8 Å². The second-order valence-corrected chi connectivity index (χ2v) is 5.06. The summed E-state index contributed by atoms with van der Waals surface area (Å²) >= 11 is 0. The fourth-order valence-corrected chi connectivity index (χ4v) is 1.89. The third kappa shape index (κ3) is 6.22. The first-order valence-electron chi connectivity index (χ1n) is 7.46. The topological polar surface area (TPSA) is 114 Å². The highest BCUT2D eigenvalue weighted by Crippen LogP contribution is 2.10. The Balaban J connectivity index is 1.73. The third-order valence-electron chi connectivity index (χ3n) is 3.14. The van der Waals surface area contributed by atoms with Crippen molar-refractivity contribution in [3.63, 3.8) is 0 Å². The summed E-state index contributed by atoms with van der Waals surface area (Å²) < 4.78 is 0. The van der Waals surface area contributed by atoms with Crippen LogP contribution in [-0.4, -0.2) is 23.0 Å². The first kappa shape index (κ1) is 17.8. The van der Waals surface area contributed by atoms with Crippen molar-refractivity contribution in [2.24, 2.45) is 5.10 Å². The average Bonchev–Trinajstić information content (AvgIpc) is 2.61. The summed E-state index contributed by atoms with van der Waals surface area (Å²) in [6.07, 6.45) is 1.40. The SMILES string of the molecule is O=C(CCC(=O)Nc1ccccc1)N/N=C/c1ccc([N+](=O)[O-])cc1. The lowest BCUT2D eigenvalue weighted by Gasteiger charge is -2.04. The fraction of sp³-hybridized carbons (Fsp3) is 0.118. The van der Waals surface area contributed by atoms with Crippen LogP contribution in [-0.2, 0) is 9.59 Å². The summed E-state index contributed by atoms with van der Waals surface area (Å²) in [6, 6.07) is 14.7. The van der Waals surface area contributed by atoms with Gasteiger partial charge < -0.3 is 5.32 Å². The maximum atomic E-state index is 11.7. The van der Waals surface area contributed by atoms with E-state index >= 15 is 0 Å². The zero-order valence-corrected chi connectivity index (χ0v) is 13.2. The van der Waals surface area contributed by atoms with E-state index in [4.69, 9.17) is 0 Å². The van der Waals surface area contributed by atoms with Crippen molar-refractivity contribution >= 4 is 29.4 Å². The minimum atomic E-state index is -0.497. The smallest absolute Gasteiger partial charge is 0.269 e. The van der Waals surface area contributed by atoms with Crippen molar-refractivity contribution in [3.8, 4) is 0 Å². The van der Waals surface area contributed by atoms with E-state index < -0.39 is 10.8 Å². The molecule has 25 heavy (non-hydrogen) atoms. The Labute approximate surface area is 143 Å². The van der Waals surface area contributed by atoms with E-state index in [1.807, 2.05) is 6.07 Å². The number of amides is 2. The van der Waals surface area contributed by atoms with Crippen molar-refractivity contribution in [1.82, 2.24) is 5.43 Å². The number of carbonyl (C=O) groups is 2. The molecule has 0 spiro atoms. The van der Waals surface area contributed by atoms with E-state index in [0.717, 1.165) is 0 Å². The van der Waals surface area contributed by atoms with Gasteiger partial charge in [0, 0.05) is 30.7 Å². The Morgan fingerprint density at radius 3 is 2.28 bits per heavy atom. The lowest BCUT2D eigenvalue weighted by atomic mass is 10.2. The number of benzene rings is 2.